The number of esters is 1. The molecular formula is C15H30O4. The molecule has 0 N–H and O–H groups in total. The first kappa shape index (κ1) is 18.4. The molecule has 0 aliphatic rings. The van der Waals surface area contributed by atoms with E-state index < -0.39 is 6.29 Å². The second kappa shape index (κ2) is 7.85. The maximum Gasteiger partial charge on any atom is 0.305 e. The van der Waals surface area contributed by atoms with Gasteiger partial charge in [-0.15, -0.1) is 0 Å². The Balaban J connectivity index is 4.26. The first-order chi connectivity index (χ1) is 8.53. The van der Waals surface area contributed by atoms with Crippen LogP contribution in [-0.4, -0.2) is 32.1 Å². The fourth-order valence-corrected chi connectivity index (χ4v) is 1.09. The third-order valence-corrected chi connectivity index (χ3v) is 2.07. The zero-order valence-corrected chi connectivity index (χ0v) is 13.5. The smallest absolute Gasteiger partial charge is 0.305 e. The Kier molecular flexibility index (Phi) is 7.60. The van der Waals surface area contributed by atoms with Gasteiger partial charge in [0.1, 0.15) is 6.61 Å². The van der Waals surface area contributed by atoms with Gasteiger partial charge < -0.3 is 14.2 Å². The molecule has 19 heavy (non-hydrogen) atoms. The highest BCUT2D eigenvalue weighted by Gasteiger charge is 2.20. The minimum atomic E-state index is -0.492. The van der Waals surface area contributed by atoms with Crippen LogP contribution in [0.1, 0.15) is 54.9 Å². The van der Waals surface area contributed by atoms with Crippen LogP contribution in [0.25, 0.3) is 0 Å². The van der Waals surface area contributed by atoms with Gasteiger partial charge in [0.2, 0.25) is 0 Å². The van der Waals surface area contributed by atoms with Crippen LogP contribution < -0.4 is 0 Å². The average Bonchev–Trinajstić information content (AvgIpc) is 2.24. The van der Waals surface area contributed by atoms with Crippen LogP contribution in [-0.2, 0) is 19.0 Å². The molecule has 0 aliphatic carbocycles. The fourth-order valence-electron chi connectivity index (χ4n) is 1.09. The van der Waals surface area contributed by atoms with E-state index in [-0.39, 0.29) is 23.4 Å². The molecule has 4 heteroatoms. The highest BCUT2D eigenvalue weighted by atomic mass is 16.7. The van der Waals surface area contributed by atoms with E-state index in [0.29, 0.717) is 19.6 Å². The summed E-state index contributed by atoms with van der Waals surface area (Å²) >= 11 is 0. The number of carbonyl (C=O) groups excluding carboxylic acids is 1. The topological polar surface area (TPSA) is 44.8 Å². The third kappa shape index (κ3) is 12.2. The Morgan fingerprint density at radius 2 is 1.37 bits per heavy atom. The van der Waals surface area contributed by atoms with Crippen molar-refractivity contribution in [3.8, 4) is 0 Å². The quantitative estimate of drug-likeness (QED) is 0.527. The lowest BCUT2D eigenvalue weighted by Crippen LogP contribution is -2.31. The van der Waals surface area contributed by atoms with E-state index in [4.69, 9.17) is 14.2 Å². The monoisotopic (exact) mass is 274 g/mol. The first-order valence-electron chi connectivity index (χ1n) is 6.92. The van der Waals surface area contributed by atoms with Gasteiger partial charge in [-0.25, -0.2) is 0 Å². The standard InChI is InChI=1S/C15H30O4/c1-8-12(16)17-9-13(18-10-14(2,3)4)19-11-15(5,6)7/h13H,8-11H2,1-7H3. The molecule has 0 saturated heterocycles. The molecule has 0 aromatic heterocycles. The van der Waals surface area contributed by atoms with Crippen molar-refractivity contribution in [2.45, 2.75) is 61.2 Å². The lowest BCUT2D eigenvalue weighted by Gasteiger charge is -2.27. The van der Waals surface area contributed by atoms with Crippen molar-refractivity contribution in [1.29, 1.82) is 0 Å². The molecule has 0 amide bonds. The Labute approximate surface area is 117 Å². The Morgan fingerprint density at radius 3 is 1.68 bits per heavy atom. The van der Waals surface area contributed by atoms with E-state index in [1.54, 1.807) is 6.92 Å². The van der Waals surface area contributed by atoms with Crippen LogP contribution in [0.15, 0.2) is 0 Å². The van der Waals surface area contributed by atoms with Crippen molar-refractivity contribution in [3.05, 3.63) is 0 Å². The Bertz CT molecular complexity index is 242. The Morgan fingerprint density at radius 1 is 0.947 bits per heavy atom. The predicted octanol–water partition coefficient (Wildman–Crippen LogP) is 3.39. The summed E-state index contributed by atoms with van der Waals surface area (Å²) in [6, 6.07) is 0. The third-order valence-electron chi connectivity index (χ3n) is 2.07. The van der Waals surface area contributed by atoms with Crippen LogP contribution in [0.5, 0.6) is 0 Å². The van der Waals surface area contributed by atoms with E-state index in [1.807, 2.05) is 0 Å². The Hall–Kier alpha value is -0.610. The number of ether oxygens (including phenoxy) is 3. The zero-order chi connectivity index (χ0) is 15.1. The van der Waals surface area contributed by atoms with Crippen LogP contribution >= 0.6 is 0 Å². The summed E-state index contributed by atoms with van der Waals surface area (Å²) in [6.45, 7) is 15.6. The maximum absolute atomic E-state index is 11.2. The second-order valence-corrected chi connectivity index (χ2v) is 7.21. The highest BCUT2D eigenvalue weighted by molar-refractivity contribution is 5.68. The van der Waals surface area contributed by atoms with Gasteiger partial charge in [0, 0.05) is 6.42 Å². The van der Waals surface area contributed by atoms with Crippen LogP contribution in [0.2, 0.25) is 0 Å². The summed E-state index contributed by atoms with van der Waals surface area (Å²) in [5, 5.41) is 0. The van der Waals surface area contributed by atoms with E-state index >= 15 is 0 Å². The molecule has 0 radical (unpaired) electrons. The molecule has 0 saturated carbocycles. The van der Waals surface area contributed by atoms with Crippen molar-refractivity contribution >= 4 is 5.97 Å². The summed E-state index contributed by atoms with van der Waals surface area (Å²) in [7, 11) is 0. The number of hydrogen-bond acceptors (Lipinski definition) is 4. The summed E-state index contributed by atoms with van der Waals surface area (Å²) in [5.74, 6) is -0.233. The van der Waals surface area contributed by atoms with E-state index in [2.05, 4.69) is 41.5 Å². The molecule has 114 valence electrons. The summed E-state index contributed by atoms with van der Waals surface area (Å²) in [6.07, 6.45) is -0.125. The van der Waals surface area contributed by atoms with Crippen molar-refractivity contribution in [2.24, 2.45) is 10.8 Å². The fraction of sp³-hybridized carbons (Fsp3) is 0.933. The van der Waals surface area contributed by atoms with Gasteiger partial charge in [0.25, 0.3) is 0 Å². The molecule has 0 spiro atoms. The normalized spacial score (nSPS) is 12.8. The summed E-state index contributed by atoms with van der Waals surface area (Å²) in [5.41, 5.74) is 0.107. The SMILES string of the molecule is CCC(=O)OCC(OCC(C)(C)C)OCC(C)(C)C. The first-order valence-corrected chi connectivity index (χ1v) is 6.92. The van der Waals surface area contributed by atoms with Crippen LogP contribution in [0.3, 0.4) is 0 Å². The van der Waals surface area contributed by atoms with Crippen molar-refractivity contribution < 1.29 is 19.0 Å². The van der Waals surface area contributed by atoms with E-state index in [1.165, 1.54) is 0 Å². The second-order valence-electron chi connectivity index (χ2n) is 7.21. The van der Waals surface area contributed by atoms with Gasteiger partial charge in [0.05, 0.1) is 13.2 Å². The minimum absolute atomic E-state index is 0.0537. The molecule has 0 fully saturated rings. The molecule has 0 heterocycles. The zero-order valence-electron chi connectivity index (χ0n) is 13.5. The molecule has 0 aliphatic heterocycles. The van der Waals surface area contributed by atoms with Gasteiger partial charge in [-0.05, 0) is 10.8 Å². The maximum atomic E-state index is 11.2. The van der Waals surface area contributed by atoms with Crippen molar-refractivity contribution in [2.75, 3.05) is 19.8 Å². The van der Waals surface area contributed by atoms with Crippen LogP contribution in [0.4, 0.5) is 0 Å². The summed E-state index contributed by atoms with van der Waals surface area (Å²) < 4.78 is 16.5. The van der Waals surface area contributed by atoms with Gasteiger partial charge in [-0.3, -0.25) is 4.79 Å². The van der Waals surface area contributed by atoms with Gasteiger partial charge in [-0.2, -0.15) is 0 Å². The van der Waals surface area contributed by atoms with Gasteiger partial charge in [-0.1, -0.05) is 48.5 Å². The molecule has 0 rings (SSSR count). The van der Waals surface area contributed by atoms with E-state index in [9.17, 15) is 4.79 Å². The van der Waals surface area contributed by atoms with Crippen molar-refractivity contribution in [1.82, 2.24) is 0 Å². The lowest BCUT2D eigenvalue weighted by atomic mass is 9.98. The molecule has 0 aromatic rings. The van der Waals surface area contributed by atoms with Crippen LogP contribution in [0, 0.1) is 10.8 Å². The highest BCUT2D eigenvalue weighted by Crippen LogP contribution is 2.18. The number of rotatable bonds is 7. The molecule has 0 aromatic carbocycles. The molecule has 0 bridgehead atoms. The van der Waals surface area contributed by atoms with Crippen molar-refractivity contribution in [3.63, 3.8) is 0 Å². The number of carbonyl (C=O) groups is 1. The minimum Gasteiger partial charge on any atom is -0.460 e. The summed E-state index contributed by atoms with van der Waals surface area (Å²) in [4.78, 5) is 11.2. The molecule has 0 unspecified atom stereocenters. The largest absolute Gasteiger partial charge is 0.460 e. The molecule has 4 nitrogen and oxygen atoms in total. The van der Waals surface area contributed by atoms with Gasteiger partial charge in [0.15, 0.2) is 6.29 Å². The average molecular weight is 274 g/mol. The number of hydrogen-bond donors (Lipinski definition) is 0. The molecular weight excluding hydrogens is 244 g/mol. The lowest BCUT2D eigenvalue weighted by molar-refractivity contribution is -0.197. The molecule has 0 atom stereocenters. The predicted molar refractivity (Wildman–Crippen MR) is 75.9 cm³/mol. The van der Waals surface area contributed by atoms with Gasteiger partial charge >= 0.3 is 5.97 Å². The van der Waals surface area contributed by atoms with E-state index in [0.717, 1.165) is 0 Å².